The van der Waals surface area contributed by atoms with Crippen molar-refractivity contribution in [1.29, 1.82) is 0 Å². The lowest BCUT2D eigenvalue weighted by Gasteiger charge is -2.37. The van der Waals surface area contributed by atoms with Gasteiger partial charge in [-0.05, 0) is 97.1 Å². The molecule has 4 aromatic carbocycles. The maximum atomic E-state index is 14.9. The van der Waals surface area contributed by atoms with Crippen molar-refractivity contribution < 1.29 is 127 Å². The fourth-order valence-electron chi connectivity index (χ4n) is 4.90. The SMILES string of the molecule is O=S(=O)(Oc1ccc(C(F)(F)C(F)(F)C(F)(F)C(F)(F)c2ccc(Oc3ccc(C(F)(F)C(F)(F)C(F)(F)C(F)(F)c4ccc(OS(=O)(=O)C(F)(F)F)cc4)cc3)cc2)cc1)C(F)(F)F. The lowest BCUT2D eigenvalue weighted by atomic mass is 9.90. The Morgan fingerprint density at radius 1 is 0.277 bits per heavy atom. The van der Waals surface area contributed by atoms with Gasteiger partial charge in [0.1, 0.15) is 23.0 Å². The summed E-state index contributed by atoms with van der Waals surface area (Å²) < 4.78 is 368. The molecule has 0 bridgehead atoms. The molecule has 0 aliphatic rings. The molecule has 7 nitrogen and oxygen atoms in total. The van der Waals surface area contributed by atoms with E-state index in [0.717, 1.165) is 0 Å². The molecule has 65 heavy (non-hydrogen) atoms. The standard InChI is InChI=1S/C34H16F22O7S2/c35-25(36,29(43,44)31(47,48)27(39,40)19-5-13-23(14-6-19)62-64(57,58)33(51,52)53)17-1-9-21(10-2-17)61-22-11-3-18(4-12-22)26(37,38)30(45,46)32(49,50)28(41,42)20-7-15-24(16-8-20)63-65(59,60)34(54,55)56/h1-16H. The molecule has 0 aromatic heterocycles. The minimum atomic E-state index is -7.07. The van der Waals surface area contributed by atoms with Crippen LogP contribution in [0.1, 0.15) is 22.3 Å². The third-order valence-corrected chi connectivity index (χ3v) is 10.4. The van der Waals surface area contributed by atoms with Gasteiger partial charge in [-0.25, -0.2) is 0 Å². The van der Waals surface area contributed by atoms with E-state index in [1.165, 1.54) is 0 Å². The van der Waals surface area contributed by atoms with Crippen molar-refractivity contribution in [3.63, 3.8) is 0 Å². The van der Waals surface area contributed by atoms with Crippen molar-refractivity contribution >= 4 is 20.2 Å². The zero-order chi connectivity index (χ0) is 50.1. The predicted octanol–water partition coefficient (Wildman–Crippen LogP) is 12.2. The summed E-state index contributed by atoms with van der Waals surface area (Å²) in [6.45, 7) is 0. The van der Waals surface area contributed by atoms with Crippen molar-refractivity contribution in [3.05, 3.63) is 119 Å². The summed E-state index contributed by atoms with van der Waals surface area (Å²) in [6, 6.07) is -1.56. The van der Waals surface area contributed by atoms with Crippen molar-refractivity contribution in [3.8, 4) is 23.0 Å². The Kier molecular flexibility index (Phi) is 13.0. The summed E-state index contributed by atoms with van der Waals surface area (Å²) >= 11 is 0. The third-order valence-electron chi connectivity index (χ3n) is 8.45. The van der Waals surface area contributed by atoms with Gasteiger partial charge in [-0.2, -0.15) is 113 Å². The molecule has 0 aliphatic heterocycles. The topological polar surface area (TPSA) is 96.0 Å². The summed E-state index contributed by atoms with van der Waals surface area (Å²) in [6.07, 6.45) is 0. The number of hydrogen-bond donors (Lipinski definition) is 0. The smallest absolute Gasteiger partial charge is 0.457 e. The molecule has 4 rings (SSSR count). The summed E-state index contributed by atoms with van der Waals surface area (Å²) in [5.41, 5.74) is -21.0. The zero-order valence-corrected chi connectivity index (χ0v) is 31.9. The largest absolute Gasteiger partial charge is 0.534 e. The van der Waals surface area contributed by atoms with Crippen molar-refractivity contribution in [1.82, 2.24) is 0 Å². The van der Waals surface area contributed by atoms with Crippen molar-refractivity contribution in [2.75, 3.05) is 0 Å². The van der Waals surface area contributed by atoms with Crippen LogP contribution in [0.4, 0.5) is 96.6 Å². The molecular weight excluding hydrogens is 1000 g/mol. The number of benzene rings is 4. The van der Waals surface area contributed by atoms with Crippen LogP contribution in [0.25, 0.3) is 0 Å². The highest BCUT2D eigenvalue weighted by Gasteiger charge is 2.82. The number of alkyl halides is 22. The second kappa shape index (κ2) is 16.2. The fraction of sp³-hybridized carbons (Fsp3) is 0.294. The molecule has 0 spiro atoms. The van der Waals surface area contributed by atoms with Crippen LogP contribution < -0.4 is 13.1 Å². The van der Waals surface area contributed by atoms with E-state index in [1.807, 2.05) is 0 Å². The molecule has 0 N–H and O–H groups in total. The third kappa shape index (κ3) is 8.99. The van der Waals surface area contributed by atoms with Crippen LogP contribution in [-0.4, -0.2) is 51.5 Å². The zero-order valence-electron chi connectivity index (χ0n) is 30.2. The first-order valence-corrected chi connectivity index (χ1v) is 19.0. The Labute approximate surface area is 347 Å². The second-order valence-corrected chi connectivity index (χ2v) is 15.8. The summed E-state index contributed by atoms with van der Waals surface area (Å²) in [4.78, 5) is 0. The monoisotopic (exact) mass is 1020 g/mol. The van der Waals surface area contributed by atoms with Gasteiger partial charge in [0.05, 0.1) is 0 Å². The molecule has 0 amide bonds. The lowest BCUT2D eigenvalue weighted by Crippen LogP contribution is -2.59. The Bertz CT molecular complexity index is 2380. The first-order chi connectivity index (χ1) is 29.0. The molecule has 0 unspecified atom stereocenters. The quantitative estimate of drug-likeness (QED) is 0.0627. The number of halogens is 22. The van der Waals surface area contributed by atoms with Gasteiger partial charge in [0.15, 0.2) is 0 Å². The summed E-state index contributed by atoms with van der Waals surface area (Å²) in [5.74, 6) is -57.9. The van der Waals surface area contributed by atoms with Gasteiger partial charge in [-0.3, -0.25) is 0 Å². The van der Waals surface area contributed by atoms with Crippen molar-refractivity contribution in [2.45, 2.75) is 58.4 Å². The molecule has 0 fully saturated rings. The van der Waals surface area contributed by atoms with Crippen LogP contribution in [0.5, 0.6) is 23.0 Å². The second-order valence-electron chi connectivity index (χ2n) is 12.8. The minimum absolute atomic E-state index is 0.134. The minimum Gasteiger partial charge on any atom is -0.457 e. The van der Waals surface area contributed by atoms with E-state index in [2.05, 4.69) is 8.37 Å². The highest BCUT2D eigenvalue weighted by Crippen LogP contribution is 2.61. The maximum absolute atomic E-state index is 14.9. The molecule has 0 aliphatic carbocycles. The Morgan fingerprint density at radius 3 is 0.615 bits per heavy atom. The highest BCUT2D eigenvalue weighted by atomic mass is 32.2. The molecule has 0 atom stereocenters. The van der Waals surface area contributed by atoms with Crippen LogP contribution in [-0.2, 0) is 43.9 Å². The predicted molar refractivity (Wildman–Crippen MR) is 172 cm³/mol. The van der Waals surface area contributed by atoms with Crippen LogP contribution in [0.3, 0.4) is 0 Å². The number of hydrogen-bond acceptors (Lipinski definition) is 7. The molecule has 0 radical (unpaired) electrons. The average Bonchev–Trinajstić information content (AvgIpc) is 3.17. The van der Waals surface area contributed by atoms with Crippen LogP contribution in [0.2, 0.25) is 0 Å². The molecule has 31 heteroatoms. The van der Waals surface area contributed by atoms with Crippen molar-refractivity contribution in [2.24, 2.45) is 0 Å². The van der Waals surface area contributed by atoms with E-state index in [9.17, 15) is 113 Å². The Hall–Kier alpha value is -5.36. The fourth-order valence-corrected chi connectivity index (χ4v) is 5.82. The van der Waals surface area contributed by atoms with Gasteiger partial charge in [-0.1, -0.05) is 0 Å². The van der Waals surface area contributed by atoms with Gasteiger partial charge in [0.2, 0.25) is 0 Å². The first-order valence-electron chi connectivity index (χ1n) is 16.2. The highest BCUT2D eigenvalue weighted by molar-refractivity contribution is 7.88. The summed E-state index contributed by atoms with van der Waals surface area (Å²) in [7, 11) is -12.9. The van der Waals surface area contributed by atoms with E-state index in [0.29, 0.717) is 0 Å². The summed E-state index contributed by atoms with van der Waals surface area (Å²) in [5, 5.41) is 0. The Morgan fingerprint density at radius 2 is 0.446 bits per heavy atom. The van der Waals surface area contributed by atoms with Gasteiger partial charge in [-0.15, -0.1) is 0 Å². The Balaban J connectivity index is 1.52. The molecule has 0 saturated carbocycles. The molecule has 360 valence electrons. The van der Waals surface area contributed by atoms with E-state index < -0.39 is 124 Å². The van der Waals surface area contributed by atoms with Crippen LogP contribution >= 0.6 is 0 Å². The van der Waals surface area contributed by atoms with Gasteiger partial charge in [0.25, 0.3) is 0 Å². The lowest BCUT2D eigenvalue weighted by molar-refractivity contribution is -0.374. The molecule has 4 aromatic rings. The van der Waals surface area contributed by atoms with E-state index in [-0.39, 0.29) is 97.1 Å². The molecular formula is C34H16F22O7S2. The molecule has 0 saturated heterocycles. The maximum Gasteiger partial charge on any atom is 0.534 e. The van der Waals surface area contributed by atoms with Gasteiger partial charge >= 0.3 is 78.6 Å². The number of ether oxygens (including phenoxy) is 1. The number of rotatable bonds is 16. The van der Waals surface area contributed by atoms with Gasteiger partial charge in [0, 0.05) is 22.3 Å². The normalized spacial score (nSPS) is 14.6. The van der Waals surface area contributed by atoms with Crippen LogP contribution in [0.15, 0.2) is 97.1 Å². The van der Waals surface area contributed by atoms with E-state index >= 15 is 0 Å². The van der Waals surface area contributed by atoms with Gasteiger partial charge < -0.3 is 13.1 Å². The average molecular weight is 1020 g/mol. The van der Waals surface area contributed by atoms with Crippen LogP contribution in [0, 0.1) is 0 Å². The van der Waals surface area contributed by atoms with E-state index in [1.54, 1.807) is 0 Å². The first kappa shape index (κ1) is 52.3. The molecule has 0 heterocycles. The van der Waals surface area contributed by atoms with E-state index in [4.69, 9.17) is 4.74 Å².